The predicted molar refractivity (Wildman–Crippen MR) is 119 cm³/mol. The smallest absolute Gasteiger partial charge is 0.279 e. The molecule has 0 spiro atoms. The molecule has 30 heavy (non-hydrogen) atoms. The number of hydrogen-bond acceptors (Lipinski definition) is 5. The molecule has 0 radical (unpaired) electrons. The van der Waals surface area contributed by atoms with Crippen LogP contribution in [-0.4, -0.2) is 42.1 Å². The van der Waals surface area contributed by atoms with Crippen LogP contribution in [0.1, 0.15) is 57.2 Å². The number of unbranched alkanes of at least 4 members (excludes halogenated alkanes) is 2. The molecule has 0 saturated heterocycles. The fraction of sp³-hybridized carbons (Fsp3) is 0.524. The first-order valence-corrected chi connectivity index (χ1v) is 12.0. The number of nitrogen functional groups attached to an aromatic ring is 1. The maximum Gasteiger partial charge on any atom is 0.279 e. The molecule has 8 nitrogen and oxygen atoms in total. The molecule has 0 aliphatic heterocycles. The van der Waals surface area contributed by atoms with Crippen molar-refractivity contribution in [3.8, 4) is 11.8 Å². The van der Waals surface area contributed by atoms with E-state index in [1.54, 1.807) is 4.68 Å². The Morgan fingerprint density at radius 3 is 2.33 bits per heavy atom. The van der Waals surface area contributed by atoms with Gasteiger partial charge in [-0.1, -0.05) is 44.9 Å². The molecule has 1 aromatic heterocycles. The molecule has 0 saturated carbocycles. The quantitative estimate of drug-likeness (QED) is 0.472. The van der Waals surface area contributed by atoms with E-state index >= 15 is 0 Å². The summed E-state index contributed by atoms with van der Waals surface area (Å²) in [6.45, 7) is 5.43. The third kappa shape index (κ3) is 6.29. The van der Waals surface area contributed by atoms with Gasteiger partial charge in [0, 0.05) is 19.6 Å². The molecule has 2 rings (SSSR count). The molecule has 2 aromatic rings. The summed E-state index contributed by atoms with van der Waals surface area (Å²) in [6.07, 6.45) is 4.55. The van der Waals surface area contributed by atoms with Crippen LogP contribution in [0.2, 0.25) is 0 Å². The first-order valence-electron chi connectivity index (χ1n) is 10.5. The highest BCUT2D eigenvalue weighted by molar-refractivity contribution is 7.87. The number of aromatic nitrogens is 2. The van der Waals surface area contributed by atoms with Gasteiger partial charge >= 0.3 is 0 Å². The van der Waals surface area contributed by atoms with Crippen molar-refractivity contribution in [2.75, 3.05) is 25.4 Å². The topological polar surface area (TPSA) is 117 Å². The number of benzene rings is 1. The van der Waals surface area contributed by atoms with Crippen molar-refractivity contribution in [3.05, 3.63) is 41.6 Å². The molecular weight excluding hydrogens is 400 g/mol. The Kier molecular flexibility index (Phi) is 9.30. The van der Waals surface area contributed by atoms with E-state index in [9.17, 15) is 13.7 Å². The lowest BCUT2D eigenvalue weighted by atomic mass is 10.1. The van der Waals surface area contributed by atoms with Crippen LogP contribution in [0, 0.1) is 11.3 Å². The molecule has 0 amide bonds. The number of rotatable bonds is 13. The lowest BCUT2D eigenvalue weighted by molar-refractivity contribution is 0.388. The Morgan fingerprint density at radius 2 is 1.77 bits per heavy atom. The summed E-state index contributed by atoms with van der Waals surface area (Å²) in [6, 6.07) is 11.5. The van der Waals surface area contributed by atoms with Gasteiger partial charge in [0.1, 0.15) is 17.5 Å². The Balaban J connectivity index is 2.00. The number of para-hydroxylation sites is 1. The van der Waals surface area contributed by atoms with Crippen molar-refractivity contribution in [3.63, 3.8) is 0 Å². The lowest BCUT2D eigenvalue weighted by Crippen LogP contribution is -2.42. The van der Waals surface area contributed by atoms with Crippen molar-refractivity contribution < 1.29 is 8.42 Å². The van der Waals surface area contributed by atoms with Crippen LogP contribution in [0.25, 0.3) is 5.69 Å². The molecule has 0 aliphatic carbocycles. The van der Waals surface area contributed by atoms with Crippen LogP contribution < -0.4 is 10.5 Å². The molecule has 9 heteroatoms. The zero-order valence-corrected chi connectivity index (χ0v) is 18.7. The van der Waals surface area contributed by atoms with Gasteiger partial charge in [0.2, 0.25) is 0 Å². The third-order valence-corrected chi connectivity index (χ3v) is 6.46. The summed E-state index contributed by atoms with van der Waals surface area (Å²) in [5.41, 5.74) is 7.81. The van der Waals surface area contributed by atoms with Crippen LogP contribution >= 0.6 is 0 Å². The largest absolute Gasteiger partial charge is 0.382 e. The average molecular weight is 433 g/mol. The second kappa shape index (κ2) is 11.7. The van der Waals surface area contributed by atoms with E-state index in [-0.39, 0.29) is 6.54 Å². The zero-order chi connectivity index (χ0) is 22.0. The van der Waals surface area contributed by atoms with Gasteiger partial charge in [0.15, 0.2) is 0 Å². The molecule has 1 aromatic carbocycles. The number of nitrogens with zero attached hydrogens (tertiary/aromatic N) is 4. The van der Waals surface area contributed by atoms with Gasteiger partial charge in [-0.15, -0.1) is 0 Å². The molecule has 0 atom stereocenters. The van der Waals surface area contributed by atoms with Crippen molar-refractivity contribution in [2.45, 2.75) is 52.4 Å². The van der Waals surface area contributed by atoms with E-state index in [1.165, 1.54) is 4.31 Å². The van der Waals surface area contributed by atoms with Gasteiger partial charge in [-0.05, 0) is 37.8 Å². The predicted octanol–water partition coefficient (Wildman–Crippen LogP) is 3.00. The SMILES string of the molecule is CCCCN(CCCC)S(=O)(=O)NCCCc1nn(-c2ccccc2)c(N)c1C#N. The van der Waals surface area contributed by atoms with Gasteiger partial charge in [-0.25, -0.2) is 9.40 Å². The molecule has 0 aliphatic rings. The van der Waals surface area contributed by atoms with Crippen LogP contribution in [0.4, 0.5) is 5.82 Å². The normalized spacial score (nSPS) is 11.7. The molecule has 0 fully saturated rings. The standard InChI is InChI=1S/C21H32N6O2S/c1-3-5-15-26(16-6-4-2)30(28,29)24-14-10-13-20-19(17-22)21(23)27(25-20)18-11-8-7-9-12-18/h7-9,11-12,24H,3-6,10,13-16,23H2,1-2H3. The summed E-state index contributed by atoms with van der Waals surface area (Å²) < 4.78 is 31.1. The fourth-order valence-corrected chi connectivity index (χ4v) is 4.43. The molecule has 1 heterocycles. The third-order valence-electron chi connectivity index (χ3n) is 4.84. The van der Waals surface area contributed by atoms with Gasteiger partial charge in [-0.2, -0.15) is 23.1 Å². The first kappa shape index (κ1) is 23.9. The minimum absolute atomic E-state index is 0.278. The van der Waals surface area contributed by atoms with Crippen LogP contribution in [0.3, 0.4) is 0 Å². The van der Waals surface area contributed by atoms with E-state index in [0.717, 1.165) is 31.4 Å². The van der Waals surface area contributed by atoms with Crippen molar-refractivity contribution in [1.29, 1.82) is 5.26 Å². The maximum absolute atomic E-state index is 12.6. The van der Waals surface area contributed by atoms with Gasteiger partial charge < -0.3 is 5.73 Å². The highest BCUT2D eigenvalue weighted by atomic mass is 32.2. The summed E-state index contributed by atoms with van der Waals surface area (Å²) in [5.74, 6) is 0.296. The van der Waals surface area contributed by atoms with Crippen molar-refractivity contribution in [2.24, 2.45) is 0 Å². The van der Waals surface area contributed by atoms with E-state index in [1.807, 2.05) is 44.2 Å². The Bertz CT molecular complexity index is 926. The number of hydrogen-bond donors (Lipinski definition) is 2. The zero-order valence-electron chi connectivity index (χ0n) is 17.8. The Morgan fingerprint density at radius 1 is 1.13 bits per heavy atom. The molecule has 3 N–H and O–H groups in total. The van der Waals surface area contributed by atoms with Gasteiger partial charge in [0.25, 0.3) is 10.2 Å². The lowest BCUT2D eigenvalue weighted by Gasteiger charge is -2.22. The van der Waals surface area contributed by atoms with Crippen LogP contribution in [-0.2, 0) is 16.6 Å². The number of nitriles is 1. The average Bonchev–Trinajstić information content (AvgIpc) is 3.07. The summed E-state index contributed by atoms with van der Waals surface area (Å²) in [4.78, 5) is 0. The fourth-order valence-electron chi connectivity index (χ4n) is 3.11. The van der Waals surface area contributed by atoms with Crippen LogP contribution in [0.15, 0.2) is 30.3 Å². The van der Waals surface area contributed by atoms with Crippen molar-refractivity contribution >= 4 is 16.0 Å². The van der Waals surface area contributed by atoms with E-state index in [0.29, 0.717) is 43.0 Å². The summed E-state index contributed by atoms with van der Waals surface area (Å²) in [5, 5.41) is 14.0. The molecule has 0 unspecified atom stereocenters. The Labute approximate surface area is 179 Å². The van der Waals surface area contributed by atoms with E-state index in [4.69, 9.17) is 5.73 Å². The molecule has 164 valence electrons. The van der Waals surface area contributed by atoms with E-state index < -0.39 is 10.2 Å². The Hall–Kier alpha value is -2.41. The molecule has 0 bridgehead atoms. The highest BCUT2D eigenvalue weighted by Gasteiger charge is 2.21. The van der Waals surface area contributed by atoms with Gasteiger partial charge in [0.05, 0.1) is 11.4 Å². The van der Waals surface area contributed by atoms with Crippen LogP contribution in [0.5, 0.6) is 0 Å². The number of anilines is 1. The highest BCUT2D eigenvalue weighted by Crippen LogP contribution is 2.21. The minimum atomic E-state index is -3.51. The van der Waals surface area contributed by atoms with E-state index in [2.05, 4.69) is 15.9 Å². The minimum Gasteiger partial charge on any atom is -0.382 e. The van der Waals surface area contributed by atoms with Gasteiger partial charge in [-0.3, -0.25) is 0 Å². The second-order valence-corrected chi connectivity index (χ2v) is 8.93. The number of aryl methyl sites for hydroxylation is 1. The summed E-state index contributed by atoms with van der Waals surface area (Å²) in [7, 11) is -3.51. The number of nitrogens with two attached hydrogens (primary N) is 1. The second-order valence-electron chi connectivity index (χ2n) is 7.18. The molecular formula is C21H32N6O2S. The van der Waals surface area contributed by atoms with Crippen molar-refractivity contribution in [1.82, 2.24) is 18.8 Å². The summed E-state index contributed by atoms with van der Waals surface area (Å²) >= 11 is 0. The first-order chi connectivity index (χ1) is 14.4. The monoisotopic (exact) mass is 432 g/mol. The maximum atomic E-state index is 12.6. The number of nitrogens with one attached hydrogen (secondary N) is 1.